The number of piperazine rings is 1. The molecule has 0 amide bonds. The Morgan fingerprint density at radius 2 is 1.75 bits per heavy atom. The second kappa shape index (κ2) is 10.1. The molecule has 1 aliphatic carbocycles. The fraction of sp³-hybridized carbons (Fsp3) is 0.692. The molecule has 10 heteroatoms. The van der Waals surface area contributed by atoms with E-state index in [1.807, 2.05) is 17.1 Å². The van der Waals surface area contributed by atoms with E-state index in [4.69, 9.17) is 15.1 Å². The Morgan fingerprint density at radius 3 is 2.44 bits per heavy atom. The van der Waals surface area contributed by atoms with Crippen LogP contribution in [0.1, 0.15) is 63.5 Å². The highest BCUT2D eigenvalue weighted by Crippen LogP contribution is 2.35. The quantitative estimate of drug-likeness (QED) is 0.505. The first-order chi connectivity index (χ1) is 17.5. The Kier molecular flexibility index (Phi) is 6.66. The number of anilines is 3. The topological polar surface area (TPSA) is 107 Å². The van der Waals surface area contributed by atoms with E-state index in [1.54, 1.807) is 13.1 Å². The average molecular weight is 494 g/mol. The van der Waals surface area contributed by atoms with Crippen LogP contribution < -0.4 is 10.6 Å². The van der Waals surface area contributed by atoms with Crippen LogP contribution in [0.3, 0.4) is 0 Å². The molecular weight excluding hydrogens is 454 g/mol. The van der Waals surface area contributed by atoms with Gasteiger partial charge in [-0.1, -0.05) is 0 Å². The molecule has 1 saturated carbocycles. The molecule has 194 valence electrons. The minimum absolute atomic E-state index is 0.375. The number of nitrogens with zero attached hydrogens (tertiary/aromatic N) is 6. The molecule has 3 N–H and O–H groups in total. The van der Waals surface area contributed by atoms with Gasteiger partial charge in [0.15, 0.2) is 0 Å². The molecule has 6 heterocycles. The van der Waals surface area contributed by atoms with Gasteiger partial charge in [0.05, 0.1) is 23.5 Å². The summed E-state index contributed by atoms with van der Waals surface area (Å²) in [5.74, 6) is 1.28. The number of hydrogen-bond donors (Lipinski definition) is 3. The van der Waals surface area contributed by atoms with Crippen molar-refractivity contribution in [1.82, 2.24) is 29.5 Å². The van der Waals surface area contributed by atoms with Gasteiger partial charge in [0.25, 0.3) is 0 Å². The summed E-state index contributed by atoms with van der Waals surface area (Å²) in [4.78, 5) is 14.6. The van der Waals surface area contributed by atoms with Gasteiger partial charge in [-0.2, -0.15) is 10.1 Å². The number of likely N-dealkylation sites (N-methyl/N-ethyl adjacent to an activating group) is 1. The molecule has 36 heavy (non-hydrogen) atoms. The third-order valence-electron chi connectivity index (χ3n) is 8.76. The first-order valence-electron chi connectivity index (χ1n) is 13.6. The van der Waals surface area contributed by atoms with Gasteiger partial charge in [0.2, 0.25) is 5.95 Å². The third-order valence-corrected chi connectivity index (χ3v) is 8.76. The molecule has 2 unspecified atom stereocenters. The van der Waals surface area contributed by atoms with Crippen LogP contribution in [-0.2, 0) is 4.74 Å². The molecule has 2 aromatic rings. The second-order valence-corrected chi connectivity index (χ2v) is 11.1. The van der Waals surface area contributed by atoms with Crippen molar-refractivity contribution in [3.8, 4) is 0 Å². The standard InChI is InChI=1S/C26H39N9O/c1-17(27)24-13-28-26(31-19-12-29-35(14-19)21-7-9-36-10-8-21)32-25(24)30-18-3-5-20(6-4-18)34-15-22-11-23(16-34)33(22)2/h12-14,18,20-23,27H,3-11,15-16H2,1-2H3,(H2,28,30,31,32). The smallest absolute Gasteiger partial charge is 0.229 e. The molecule has 0 spiro atoms. The average Bonchev–Trinajstić information content (AvgIpc) is 3.38. The van der Waals surface area contributed by atoms with Gasteiger partial charge in [-0.15, -0.1) is 0 Å². The Labute approximate surface area is 213 Å². The van der Waals surface area contributed by atoms with Gasteiger partial charge < -0.3 is 20.8 Å². The summed E-state index contributed by atoms with van der Waals surface area (Å²) in [6.07, 6.45) is 13.7. The second-order valence-electron chi connectivity index (χ2n) is 11.1. The predicted molar refractivity (Wildman–Crippen MR) is 140 cm³/mol. The zero-order valence-electron chi connectivity index (χ0n) is 21.5. The van der Waals surface area contributed by atoms with Crippen molar-refractivity contribution in [2.45, 2.75) is 82.1 Å². The maximum atomic E-state index is 8.23. The molecule has 0 radical (unpaired) electrons. The first kappa shape index (κ1) is 23.8. The van der Waals surface area contributed by atoms with E-state index in [0.717, 1.165) is 68.0 Å². The molecule has 2 aromatic heterocycles. The summed E-state index contributed by atoms with van der Waals surface area (Å²) in [7, 11) is 2.28. The van der Waals surface area contributed by atoms with Crippen LogP contribution in [0.4, 0.5) is 17.5 Å². The maximum absolute atomic E-state index is 8.23. The maximum Gasteiger partial charge on any atom is 0.229 e. The van der Waals surface area contributed by atoms with Crippen LogP contribution >= 0.6 is 0 Å². The van der Waals surface area contributed by atoms with Crippen LogP contribution in [0.15, 0.2) is 18.6 Å². The molecule has 0 aromatic carbocycles. The highest BCUT2D eigenvalue weighted by molar-refractivity contribution is 6.00. The number of ether oxygens (including phenoxy) is 1. The monoisotopic (exact) mass is 493 g/mol. The van der Waals surface area contributed by atoms with E-state index in [0.29, 0.717) is 29.8 Å². The van der Waals surface area contributed by atoms with Crippen molar-refractivity contribution < 1.29 is 4.74 Å². The lowest BCUT2D eigenvalue weighted by atomic mass is 9.84. The Balaban J connectivity index is 1.08. The normalized spacial score (nSPS) is 29.5. The first-order valence-corrected chi connectivity index (χ1v) is 13.6. The lowest BCUT2D eigenvalue weighted by Gasteiger charge is -2.57. The Morgan fingerprint density at radius 1 is 1.00 bits per heavy atom. The summed E-state index contributed by atoms with van der Waals surface area (Å²) >= 11 is 0. The van der Waals surface area contributed by atoms with Crippen molar-refractivity contribution in [2.24, 2.45) is 0 Å². The van der Waals surface area contributed by atoms with Crippen molar-refractivity contribution in [3.05, 3.63) is 24.2 Å². The molecule has 7 rings (SSSR count). The minimum Gasteiger partial charge on any atom is -0.381 e. The van der Waals surface area contributed by atoms with Crippen molar-refractivity contribution in [3.63, 3.8) is 0 Å². The van der Waals surface area contributed by atoms with Gasteiger partial charge in [-0.05, 0) is 58.9 Å². The fourth-order valence-electron chi connectivity index (χ4n) is 6.41. The zero-order chi connectivity index (χ0) is 24.6. The van der Waals surface area contributed by atoms with E-state index >= 15 is 0 Å². The van der Waals surface area contributed by atoms with Gasteiger partial charge in [-0.3, -0.25) is 14.5 Å². The van der Waals surface area contributed by atoms with Gasteiger partial charge >= 0.3 is 0 Å². The van der Waals surface area contributed by atoms with Crippen molar-refractivity contribution in [2.75, 3.05) is 44.0 Å². The molecule has 2 atom stereocenters. The molecule has 2 bridgehead atoms. The Hall–Kier alpha value is -2.56. The van der Waals surface area contributed by atoms with Gasteiger partial charge in [0, 0.05) is 68.6 Å². The number of rotatable bonds is 7. The molecule has 4 aliphatic heterocycles. The number of piperidine rings is 1. The molecule has 4 saturated heterocycles. The highest BCUT2D eigenvalue weighted by Gasteiger charge is 2.44. The van der Waals surface area contributed by atoms with Gasteiger partial charge in [-0.25, -0.2) is 4.98 Å². The van der Waals surface area contributed by atoms with Crippen LogP contribution in [-0.4, -0.2) is 92.8 Å². The Bertz CT molecular complexity index is 1060. The third kappa shape index (κ3) is 4.86. The lowest BCUT2D eigenvalue weighted by molar-refractivity contribution is -0.0701. The summed E-state index contributed by atoms with van der Waals surface area (Å²) in [6.45, 7) is 5.84. The van der Waals surface area contributed by atoms with Crippen LogP contribution in [0.2, 0.25) is 0 Å². The number of nitrogens with one attached hydrogen (secondary N) is 3. The van der Waals surface area contributed by atoms with Crippen LogP contribution in [0.5, 0.6) is 0 Å². The zero-order valence-corrected chi connectivity index (χ0v) is 21.5. The molecule has 5 aliphatic rings. The minimum atomic E-state index is 0.375. The van der Waals surface area contributed by atoms with E-state index in [9.17, 15) is 0 Å². The number of fused-ring (bicyclic) bond motifs is 2. The molecule has 5 fully saturated rings. The van der Waals surface area contributed by atoms with Crippen molar-refractivity contribution in [1.29, 1.82) is 5.41 Å². The van der Waals surface area contributed by atoms with E-state index in [2.05, 4.69) is 37.6 Å². The summed E-state index contributed by atoms with van der Waals surface area (Å²) in [5.41, 5.74) is 2.11. The van der Waals surface area contributed by atoms with E-state index in [-0.39, 0.29) is 0 Å². The molecule has 10 nitrogen and oxygen atoms in total. The summed E-state index contributed by atoms with van der Waals surface area (Å²) in [5, 5.41) is 19.8. The number of hydrogen-bond acceptors (Lipinski definition) is 9. The van der Waals surface area contributed by atoms with E-state index < -0.39 is 0 Å². The predicted octanol–water partition coefficient (Wildman–Crippen LogP) is 3.27. The van der Waals surface area contributed by atoms with Gasteiger partial charge in [0.1, 0.15) is 5.82 Å². The van der Waals surface area contributed by atoms with E-state index in [1.165, 1.54) is 32.4 Å². The van der Waals surface area contributed by atoms with Crippen LogP contribution in [0.25, 0.3) is 0 Å². The number of aromatic nitrogens is 4. The highest BCUT2D eigenvalue weighted by atomic mass is 16.5. The molecular formula is C26H39N9O. The largest absolute Gasteiger partial charge is 0.381 e. The summed E-state index contributed by atoms with van der Waals surface area (Å²) < 4.78 is 7.49. The summed E-state index contributed by atoms with van der Waals surface area (Å²) in [6, 6.07) is 3.00. The van der Waals surface area contributed by atoms with Crippen molar-refractivity contribution >= 4 is 23.2 Å². The SMILES string of the molecule is CC(=N)c1cnc(Nc2cnn(C3CCOCC3)c2)nc1NC1CCC(N2CC3CC(C2)N3C)CC1. The fourth-order valence-corrected chi connectivity index (χ4v) is 6.41. The lowest BCUT2D eigenvalue weighted by Crippen LogP contribution is -2.68. The van der Waals surface area contributed by atoms with Crippen LogP contribution in [0, 0.1) is 5.41 Å².